The van der Waals surface area contributed by atoms with Crippen LogP contribution in [0.5, 0.6) is 0 Å². The highest BCUT2D eigenvalue weighted by Gasteiger charge is 2.37. The number of sulfone groups is 1. The van der Waals surface area contributed by atoms with E-state index in [1.165, 1.54) is 0 Å². The van der Waals surface area contributed by atoms with Crippen molar-refractivity contribution in [2.75, 3.05) is 19.3 Å². The van der Waals surface area contributed by atoms with Gasteiger partial charge < -0.3 is 0 Å². The van der Waals surface area contributed by atoms with Crippen molar-refractivity contribution in [1.82, 2.24) is 4.31 Å². The maximum Gasteiger partial charge on any atom is 0.402 e. The molecule has 0 aromatic heterocycles. The van der Waals surface area contributed by atoms with E-state index in [4.69, 9.17) is 5.26 Å². The predicted molar refractivity (Wildman–Crippen MR) is 82.3 cm³/mol. The molecule has 1 aromatic rings. The Morgan fingerprint density at radius 1 is 1.25 bits per heavy atom. The second kappa shape index (κ2) is 7.38. The molecule has 0 atom stereocenters. The topological polar surface area (TPSA) is 95.3 Å². The van der Waals surface area contributed by atoms with Crippen molar-refractivity contribution in [2.24, 2.45) is 0 Å². The summed E-state index contributed by atoms with van der Waals surface area (Å²) in [5.74, 6) is 0. The lowest BCUT2D eigenvalue weighted by molar-refractivity contribution is -0.136. The van der Waals surface area contributed by atoms with E-state index in [9.17, 15) is 30.0 Å². The Kier molecular flexibility index (Phi) is 6.43. The van der Waals surface area contributed by atoms with Crippen molar-refractivity contribution in [2.45, 2.75) is 22.4 Å². The number of hydrogen-bond donors (Lipinski definition) is 0. The fourth-order valence-corrected chi connectivity index (χ4v) is 4.98. The molecule has 0 fully saturated rings. The summed E-state index contributed by atoms with van der Waals surface area (Å²) in [5.41, 5.74) is 0. The SMILES string of the molecule is CS(=O)(=O)c1ccc(S(=O)(=O)N(CCC#N)CC(F)(F)F)c(Br)c1. The first-order valence-corrected chi connectivity index (χ1v) is 10.3. The standard InChI is InChI=1S/C12H12BrF3N2O4S2/c1-23(19,20)9-3-4-11(10(13)7-9)24(21,22)18(6-2-5-17)8-12(14,15)16/h3-4,7H,2,6,8H2,1H3. The summed E-state index contributed by atoms with van der Waals surface area (Å²) < 4.78 is 85.6. The van der Waals surface area contributed by atoms with E-state index in [-0.39, 0.29) is 13.7 Å². The van der Waals surface area contributed by atoms with Crippen molar-refractivity contribution in [3.63, 3.8) is 0 Å². The Labute approximate surface area is 146 Å². The van der Waals surface area contributed by atoms with Crippen molar-refractivity contribution in [3.05, 3.63) is 22.7 Å². The molecule has 0 spiro atoms. The summed E-state index contributed by atoms with van der Waals surface area (Å²) in [6.45, 7) is -2.39. The Bertz CT molecular complexity index is 861. The van der Waals surface area contributed by atoms with Gasteiger partial charge in [0.2, 0.25) is 10.0 Å². The molecule has 0 saturated heterocycles. The average Bonchev–Trinajstić information content (AvgIpc) is 2.40. The smallest absolute Gasteiger partial charge is 0.224 e. The average molecular weight is 449 g/mol. The maximum absolute atomic E-state index is 12.6. The van der Waals surface area contributed by atoms with Crippen LogP contribution in [0.15, 0.2) is 32.5 Å². The molecule has 0 radical (unpaired) electrons. The molecule has 1 aromatic carbocycles. The lowest BCUT2D eigenvalue weighted by Gasteiger charge is -2.23. The Morgan fingerprint density at radius 2 is 1.83 bits per heavy atom. The number of nitrogens with zero attached hydrogens (tertiary/aromatic N) is 2. The molecule has 0 N–H and O–H groups in total. The van der Waals surface area contributed by atoms with Crippen molar-refractivity contribution in [3.8, 4) is 6.07 Å². The van der Waals surface area contributed by atoms with E-state index in [1.54, 1.807) is 6.07 Å². The fourth-order valence-electron chi connectivity index (χ4n) is 1.72. The van der Waals surface area contributed by atoms with Gasteiger partial charge in [0.05, 0.1) is 15.9 Å². The number of hydrogen-bond acceptors (Lipinski definition) is 5. The van der Waals surface area contributed by atoms with Crippen LogP contribution in [0.1, 0.15) is 6.42 Å². The van der Waals surface area contributed by atoms with Crippen LogP contribution in [0.2, 0.25) is 0 Å². The molecule has 0 bridgehead atoms. The molecule has 0 unspecified atom stereocenters. The molecular formula is C12H12BrF3N2O4S2. The van der Waals surface area contributed by atoms with Crippen molar-refractivity contribution < 1.29 is 30.0 Å². The molecule has 134 valence electrons. The second-order valence-electron chi connectivity index (χ2n) is 4.73. The first kappa shape index (κ1) is 20.9. The number of halogens is 4. The van der Waals surface area contributed by atoms with Crippen LogP contribution in [0, 0.1) is 11.3 Å². The van der Waals surface area contributed by atoms with Gasteiger partial charge in [-0.15, -0.1) is 0 Å². The lowest BCUT2D eigenvalue weighted by Crippen LogP contribution is -2.39. The highest BCUT2D eigenvalue weighted by molar-refractivity contribution is 9.10. The molecule has 0 heterocycles. The molecule has 0 amide bonds. The van der Waals surface area contributed by atoms with Crippen LogP contribution in [0.4, 0.5) is 13.2 Å². The van der Waals surface area contributed by atoms with E-state index >= 15 is 0 Å². The monoisotopic (exact) mass is 448 g/mol. The van der Waals surface area contributed by atoms with Gasteiger partial charge in [-0.2, -0.15) is 22.7 Å². The zero-order valence-corrected chi connectivity index (χ0v) is 15.4. The van der Waals surface area contributed by atoms with Crippen LogP contribution < -0.4 is 0 Å². The van der Waals surface area contributed by atoms with Gasteiger partial charge in [-0.25, -0.2) is 16.8 Å². The van der Waals surface area contributed by atoms with E-state index in [0.29, 0.717) is 0 Å². The minimum atomic E-state index is -4.79. The number of alkyl halides is 3. The maximum atomic E-state index is 12.6. The molecule has 0 saturated carbocycles. The van der Waals surface area contributed by atoms with Gasteiger partial charge in [0.25, 0.3) is 0 Å². The first-order valence-electron chi connectivity index (χ1n) is 6.22. The molecule has 0 aliphatic heterocycles. The van der Waals surface area contributed by atoms with Gasteiger partial charge in [-0.3, -0.25) is 0 Å². The molecule has 1 rings (SSSR count). The van der Waals surface area contributed by atoms with Crippen molar-refractivity contribution in [1.29, 1.82) is 5.26 Å². The Hall–Kier alpha value is -1.16. The third-order valence-corrected chi connectivity index (χ3v) is 6.71. The molecule has 24 heavy (non-hydrogen) atoms. The highest BCUT2D eigenvalue weighted by atomic mass is 79.9. The van der Waals surface area contributed by atoms with Gasteiger partial charge in [0.15, 0.2) is 9.84 Å². The second-order valence-corrected chi connectivity index (χ2v) is 9.50. The quantitative estimate of drug-likeness (QED) is 0.665. The molecule has 6 nitrogen and oxygen atoms in total. The van der Waals surface area contributed by atoms with Gasteiger partial charge in [0, 0.05) is 23.7 Å². The number of sulfonamides is 1. The van der Waals surface area contributed by atoms with Gasteiger partial charge in [-0.05, 0) is 34.1 Å². The summed E-state index contributed by atoms with van der Waals surface area (Å²) in [6.07, 6.45) is -4.30. The van der Waals surface area contributed by atoms with E-state index in [1.807, 2.05) is 0 Å². The van der Waals surface area contributed by atoms with Gasteiger partial charge in [0.1, 0.15) is 6.54 Å². The number of nitriles is 1. The van der Waals surface area contributed by atoms with E-state index in [2.05, 4.69) is 15.9 Å². The molecule has 0 aliphatic carbocycles. The normalized spacial score (nSPS) is 13.0. The lowest BCUT2D eigenvalue weighted by atomic mass is 10.4. The van der Waals surface area contributed by atoms with Crippen molar-refractivity contribution >= 4 is 35.8 Å². The van der Waals surface area contributed by atoms with E-state index in [0.717, 1.165) is 24.5 Å². The van der Waals surface area contributed by atoms with Gasteiger partial charge >= 0.3 is 6.18 Å². The Balaban J connectivity index is 3.36. The summed E-state index contributed by atoms with van der Waals surface area (Å²) >= 11 is 2.88. The van der Waals surface area contributed by atoms with Crippen LogP contribution in [-0.4, -0.2) is 46.7 Å². The van der Waals surface area contributed by atoms with Crippen LogP contribution >= 0.6 is 15.9 Å². The minimum Gasteiger partial charge on any atom is -0.224 e. The summed E-state index contributed by atoms with van der Waals surface area (Å²) in [5, 5.41) is 8.50. The number of rotatable bonds is 6. The third-order valence-electron chi connectivity index (χ3n) is 2.78. The molecule has 12 heteroatoms. The third kappa shape index (κ3) is 5.44. The Morgan fingerprint density at radius 3 is 2.25 bits per heavy atom. The summed E-state index contributed by atoms with van der Waals surface area (Å²) in [4.78, 5) is -0.704. The highest BCUT2D eigenvalue weighted by Crippen LogP contribution is 2.29. The van der Waals surface area contributed by atoms with E-state index < -0.39 is 50.4 Å². The first-order chi connectivity index (χ1) is 10.8. The summed E-state index contributed by atoms with van der Waals surface area (Å²) in [7, 11) is -8.19. The van der Waals surface area contributed by atoms with Crippen LogP contribution in [-0.2, 0) is 19.9 Å². The molecular weight excluding hydrogens is 437 g/mol. The predicted octanol–water partition coefficient (Wildman–Crippen LogP) is 2.32. The zero-order valence-electron chi connectivity index (χ0n) is 12.2. The number of benzene rings is 1. The zero-order chi connectivity index (χ0) is 18.8. The molecule has 0 aliphatic rings. The minimum absolute atomic E-state index is 0.135. The van der Waals surface area contributed by atoms with Gasteiger partial charge in [-0.1, -0.05) is 0 Å². The van der Waals surface area contributed by atoms with Crippen LogP contribution in [0.25, 0.3) is 0 Å². The largest absolute Gasteiger partial charge is 0.402 e. The fraction of sp³-hybridized carbons (Fsp3) is 0.417. The van der Waals surface area contributed by atoms with Crippen LogP contribution in [0.3, 0.4) is 0 Å². The summed E-state index contributed by atoms with van der Waals surface area (Å²) in [6, 6.07) is 4.48.